The minimum absolute atomic E-state index is 0.385. The van der Waals surface area contributed by atoms with Crippen molar-refractivity contribution in [2.75, 3.05) is 12.3 Å². The Hall–Kier alpha value is -1.74. The van der Waals surface area contributed by atoms with Crippen LogP contribution in [0.15, 0.2) is 18.5 Å². The Balaban J connectivity index is 2.04. The molecule has 2 aromatic heterocycles. The molecule has 0 amide bonds. The molecule has 0 aliphatic carbocycles. The Kier molecular flexibility index (Phi) is 2.86. The van der Waals surface area contributed by atoms with Crippen LogP contribution in [0.3, 0.4) is 0 Å². The second kappa shape index (κ2) is 4.42. The van der Waals surface area contributed by atoms with E-state index < -0.39 is 24.5 Å². The highest BCUT2D eigenvalue weighted by Gasteiger charge is 2.44. The highest BCUT2D eigenvalue weighted by molar-refractivity contribution is 5.87. The van der Waals surface area contributed by atoms with Gasteiger partial charge in [-0.2, -0.15) is 5.10 Å². The molecule has 19 heavy (non-hydrogen) atoms. The minimum Gasteiger partial charge on any atom is -0.398 e. The number of aliphatic hydroxyl groups excluding tert-OH is 3. The third-order valence-corrected chi connectivity index (χ3v) is 3.29. The molecule has 3 rings (SSSR count). The Bertz CT molecular complexity index is 601. The zero-order valence-electron chi connectivity index (χ0n) is 9.92. The smallest absolute Gasteiger partial charge is 0.181 e. The Morgan fingerprint density at radius 2 is 2.16 bits per heavy atom. The molecule has 0 aromatic carbocycles. The molecule has 102 valence electrons. The van der Waals surface area contributed by atoms with Gasteiger partial charge in [0.1, 0.15) is 18.3 Å². The van der Waals surface area contributed by atoms with Gasteiger partial charge in [0, 0.05) is 11.9 Å². The van der Waals surface area contributed by atoms with Crippen LogP contribution < -0.4 is 5.73 Å². The van der Waals surface area contributed by atoms with Crippen LogP contribution in [0.25, 0.3) is 11.0 Å². The highest BCUT2D eigenvalue weighted by atomic mass is 16.6. The zero-order valence-corrected chi connectivity index (χ0v) is 9.92. The van der Waals surface area contributed by atoms with Crippen molar-refractivity contribution in [1.29, 1.82) is 0 Å². The van der Waals surface area contributed by atoms with Crippen LogP contribution in [-0.4, -0.2) is 55.0 Å². The summed E-state index contributed by atoms with van der Waals surface area (Å²) in [4.78, 5) is 4.14. The van der Waals surface area contributed by atoms with E-state index in [0.717, 1.165) is 0 Å². The third kappa shape index (κ3) is 1.77. The predicted molar refractivity (Wildman–Crippen MR) is 64.9 cm³/mol. The second-order valence-electron chi connectivity index (χ2n) is 4.46. The van der Waals surface area contributed by atoms with E-state index in [4.69, 9.17) is 15.6 Å². The maximum absolute atomic E-state index is 9.95. The van der Waals surface area contributed by atoms with Crippen molar-refractivity contribution in [1.82, 2.24) is 14.8 Å². The molecule has 1 fully saturated rings. The van der Waals surface area contributed by atoms with Crippen LogP contribution in [-0.2, 0) is 4.74 Å². The largest absolute Gasteiger partial charge is 0.398 e. The van der Waals surface area contributed by atoms with Gasteiger partial charge >= 0.3 is 0 Å². The summed E-state index contributed by atoms with van der Waals surface area (Å²) in [6.07, 6.45) is -1.07. The molecule has 0 radical (unpaired) electrons. The molecule has 2 aromatic rings. The summed E-state index contributed by atoms with van der Waals surface area (Å²) in [5.74, 6) is 0. The van der Waals surface area contributed by atoms with Gasteiger partial charge in [-0.3, -0.25) is 0 Å². The lowest BCUT2D eigenvalue weighted by Gasteiger charge is -2.15. The summed E-state index contributed by atoms with van der Waals surface area (Å²) >= 11 is 0. The molecule has 1 aliphatic rings. The zero-order chi connectivity index (χ0) is 13.6. The molecule has 4 atom stereocenters. The van der Waals surface area contributed by atoms with Crippen molar-refractivity contribution >= 4 is 16.7 Å². The number of rotatable bonds is 2. The maximum Gasteiger partial charge on any atom is 0.181 e. The predicted octanol–water partition coefficient (Wildman–Crippen LogP) is -1.38. The van der Waals surface area contributed by atoms with Crippen molar-refractivity contribution in [2.24, 2.45) is 0 Å². The van der Waals surface area contributed by atoms with Crippen LogP contribution in [0.2, 0.25) is 0 Å². The van der Waals surface area contributed by atoms with E-state index in [-0.39, 0.29) is 6.61 Å². The number of aromatic nitrogens is 3. The van der Waals surface area contributed by atoms with E-state index in [1.807, 2.05) is 0 Å². The van der Waals surface area contributed by atoms with Gasteiger partial charge < -0.3 is 25.8 Å². The number of ether oxygens (including phenoxy) is 1. The SMILES string of the molecule is Nc1ccnc2c1cnn2[C@@H]1O[C@H](CO)[C@@H](O)[C@H]1O. The lowest BCUT2D eigenvalue weighted by molar-refractivity contribution is -0.0566. The lowest BCUT2D eigenvalue weighted by Crippen LogP contribution is -2.33. The first-order chi connectivity index (χ1) is 9.13. The normalized spacial score (nSPS) is 31.1. The summed E-state index contributed by atoms with van der Waals surface area (Å²) in [5, 5.41) is 33.5. The number of nitrogens with two attached hydrogens (primary N) is 1. The number of nitrogen functional groups attached to an aromatic ring is 1. The first-order valence-electron chi connectivity index (χ1n) is 5.83. The summed E-state index contributed by atoms with van der Waals surface area (Å²) in [6.45, 7) is -0.385. The molecule has 0 saturated carbocycles. The van der Waals surface area contributed by atoms with Crippen molar-refractivity contribution < 1.29 is 20.1 Å². The molecule has 0 bridgehead atoms. The summed E-state index contributed by atoms with van der Waals surface area (Å²) in [6, 6.07) is 1.64. The molecule has 1 aliphatic heterocycles. The fraction of sp³-hybridized carbons (Fsp3) is 0.455. The molecule has 0 unspecified atom stereocenters. The molecule has 8 heteroatoms. The van der Waals surface area contributed by atoms with E-state index in [9.17, 15) is 10.2 Å². The summed E-state index contributed by atoms with van der Waals surface area (Å²) in [7, 11) is 0. The number of anilines is 1. The quantitative estimate of drug-likeness (QED) is 0.528. The van der Waals surface area contributed by atoms with Gasteiger partial charge in [-0.1, -0.05) is 0 Å². The van der Waals surface area contributed by atoms with Gasteiger partial charge in [-0.15, -0.1) is 0 Å². The maximum atomic E-state index is 9.95. The first kappa shape index (κ1) is 12.3. The minimum atomic E-state index is -1.19. The fourth-order valence-electron chi connectivity index (χ4n) is 2.23. The topological polar surface area (TPSA) is 127 Å². The molecular weight excluding hydrogens is 252 g/mol. The van der Waals surface area contributed by atoms with E-state index in [0.29, 0.717) is 16.7 Å². The lowest BCUT2D eigenvalue weighted by atomic mass is 10.1. The van der Waals surface area contributed by atoms with E-state index in [1.165, 1.54) is 17.1 Å². The molecule has 3 heterocycles. The van der Waals surface area contributed by atoms with E-state index in [1.54, 1.807) is 6.07 Å². The monoisotopic (exact) mass is 266 g/mol. The van der Waals surface area contributed by atoms with Gasteiger partial charge in [0.25, 0.3) is 0 Å². The standard InChI is InChI=1S/C11H14N4O4/c12-6-1-2-13-10-5(6)3-14-15(10)11-9(18)8(17)7(4-16)19-11/h1-3,7-9,11,16-18H,4H2,(H2,12,13)/t7-,8-,9-,11-/m1/s1. The summed E-state index contributed by atoms with van der Waals surface area (Å²) in [5.41, 5.74) is 6.77. The first-order valence-corrected chi connectivity index (χ1v) is 5.83. The highest BCUT2D eigenvalue weighted by Crippen LogP contribution is 2.31. The number of nitrogens with zero attached hydrogens (tertiary/aromatic N) is 3. The molecule has 8 nitrogen and oxygen atoms in total. The fourth-order valence-corrected chi connectivity index (χ4v) is 2.23. The number of aliphatic hydroxyl groups is 3. The number of hydrogen-bond acceptors (Lipinski definition) is 7. The third-order valence-electron chi connectivity index (χ3n) is 3.29. The van der Waals surface area contributed by atoms with Gasteiger partial charge in [0.15, 0.2) is 11.9 Å². The number of pyridine rings is 1. The molecule has 5 N–H and O–H groups in total. The van der Waals surface area contributed by atoms with Crippen LogP contribution in [0.1, 0.15) is 6.23 Å². The van der Waals surface area contributed by atoms with Crippen molar-refractivity contribution in [2.45, 2.75) is 24.5 Å². The Morgan fingerprint density at radius 3 is 2.84 bits per heavy atom. The van der Waals surface area contributed by atoms with Crippen molar-refractivity contribution in [3.8, 4) is 0 Å². The molecular formula is C11H14N4O4. The average Bonchev–Trinajstić information content (AvgIpc) is 2.94. The van der Waals surface area contributed by atoms with Crippen LogP contribution in [0.5, 0.6) is 0 Å². The van der Waals surface area contributed by atoms with Gasteiger partial charge in [0.2, 0.25) is 0 Å². The van der Waals surface area contributed by atoms with Crippen molar-refractivity contribution in [3.63, 3.8) is 0 Å². The number of hydrogen-bond donors (Lipinski definition) is 4. The van der Waals surface area contributed by atoms with Gasteiger partial charge in [-0.25, -0.2) is 9.67 Å². The second-order valence-corrected chi connectivity index (χ2v) is 4.46. The van der Waals surface area contributed by atoms with E-state index >= 15 is 0 Å². The molecule has 1 saturated heterocycles. The van der Waals surface area contributed by atoms with Gasteiger partial charge in [-0.05, 0) is 6.07 Å². The Morgan fingerprint density at radius 1 is 1.37 bits per heavy atom. The van der Waals surface area contributed by atoms with Crippen LogP contribution in [0, 0.1) is 0 Å². The average molecular weight is 266 g/mol. The van der Waals surface area contributed by atoms with Crippen LogP contribution >= 0.6 is 0 Å². The molecule has 0 spiro atoms. The number of fused-ring (bicyclic) bond motifs is 1. The van der Waals surface area contributed by atoms with Gasteiger partial charge in [0.05, 0.1) is 18.2 Å². The van der Waals surface area contributed by atoms with E-state index in [2.05, 4.69) is 10.1 Å². The van der Waals surface area contributed by atoms with Crippen LogP contribution in [0.4, 0.5) is 5.69 Å². The Labute approximate surface area is 108 Å². The van der Waals surface area contributed by atoms with Crippen molar-refractivity contribution in [3.05, 3.63) is 18.5 Å². The summed E-state index contributed by atoms with van der Waals surface area (Å²) < 4.78 is 6.75.